The van der Waals surface area contributed by atoms with Gasteiger partial charge in [-0.1, -0.05) is 42.5 Å². The van der Waals surface area contributed by atoms with E-state index in [1.54, 1.807) is 12.1 Å². The number of aromatic hydroxyl groups is 1. The smallest absolute Gasteiger partial charge is 0.315 e. The maximum atomic E-state index is 11.6. The number of urea groups is 1. The van der Waals surface area contributed by atoms with Crippen LogP contribution in [0, 0.1) is 0 Å². The van der Waals surface area contributed by atoms with Gasteiger partial charge in [-0.15, -0.1) is 0 Å². The molecule has 0 aliphatic heterocycles. The van der Waals surface area contributed by atoms with Crippen molar-refractivity contribution in [2.75, 3.05) is 6.54 Å². The van der Waals surface area contributed by atoms with Crippen LogP contribution in [-0.4, -0.2) is 17.7 Å². The Morgan fingerprint density at radius 3 is 2.30 bits per heavy atom. The summed E-state index contributed by atoms with van der Waals surface area (Å²) in [6, 6.07) is 16.6. The lowest BCUT2D eigenvalue weighted by Crippen LogP contribution is -2.36. The highest BCUT2D eigenvalue weighted by atomic mass is 16.3. The third kappa shape index (κ3) is 4.65. The number of nitrogens with one attached hydrogen (secondary N) is 2. The van der Waals surface area contributed by atoms with Gasteiger partial charge in [-0.25, -0.2) is 4.79 Å². The molecule has 104 valence electrons. The van der Waals surface area contributed by atoms with Crippen LogP contribution in [0.15, 0.2) is 54.6 Å². The molecule has 0 aromatic heterocycles. The molecule has 2 aromatic rings. The lowest BCUT2D eigenvalue weighted by atomic mass is 10.1. The van der Waals surface area contributed by atoms with Gasteiger partial charge in [0.15, 0.2) is 0 Å². The van der Waals surface area contributed by atoms with E-state index < -0.39 is 0 Å². The van der Waals surface area contributed by atoms with E-state index in [1.807, 2.05) is 42.5 Å². The summed E-state index contributed by atoms with van der Waals surface area (Å²) in [5.41, 5.74) is 2.15. The molecule has 0 spiro atoms. The molecule has 0 unspecified atom stereocenters. The third-order valence-electron chi connectivity index (χ3n) is 2.93. The fourth-order valence-electron chi connectivity index (χ4n) is 1.82. The topological polar surface area (TPSA) is 61.4 Å². The van der Waals surface area contributed by atoms with E-state index in [2.05, 4.69) is 10.6 Å². The molecule has 0 bridgehead atoms. The van der Waals surface area contributed by atoms with Gasteiger partial charge in [-0.05, 0) is 29.7 Å². The predicted octanol–water partition coefficient (Wildman–Crippen LogP) is 2.43. The second kappa shape index (κ2) is 7.19. The number of rotatable bonds is 5. The number of benzene rings is 2. The Hall–Kier alpha value is -2.49. The number of hydrogen-bond acceptors (Lipinski definition) is 2. The fourth-order valence-corrected chi connectivity index (χ4v) is 1.82. The van der Waals surface area contributed by atoms with Crippen LogP contribution < -0.4 is 10.6 Å². The Bertz CT molecular complexity index is 538. The van der Waals surface area contributed by atoms with Crippen molar-refractivity contribution in [3.63, 3.8) is 0 Å². The standard InChI is InChI=1S/C16H18N2O2/c19-15-8-6-13(7-9-15)10-11-17-16(20)18-12-14-4-2-1-3-5-14/h1-9,19H,10-12H2,(H2,17,18,20). The SMILES string of the molecule is O=C(NCCc1ccc(O)cc1)NCc1ccccc1. The van der Waals surface area contributed by atoms with E-state index >= 15 is 0 Å². The molecule has 0 aliphatic rings. The Kier molecular flexibility index (Phi) is 5.00. The molecule has 2 aromatic carbocycles. The lowest BCUT2D eigenvalue weighted by Gasteiger charge is -2.07. The molecular formula is C16H18N2O2. The highest BCUT2D eigenvalue weighted by Gasteiger charge is 2.00. The molecule has 2 amide bonds. The number of phenols is 1. The molecule has 0 radical (unpaired) electrons. The van der Waals surface area contributed by atoms with Crippen LogP contribution in [0.5, 0.6) is 5.75 Å². The van der Waals surface area contributed by atoms with Gasteiger partial charge in [0, 0.05) is 13.1 Å². The van der Waals surface area contributed by atoms with Crippen molar-refractivity contribution < 1.29 is 9.90 Å². The average Bonchev–Trinajstić information content (AvgIpc) is 2.48. The van der Waals surface area contributed by atoms with Crippen LogP contribution in [0.3, 0.4) is 0 Å². The molecule has 2 rings (SSSR count). The van der Waals surface area contributed by atoms with E-state index in [-0.39, 0.29) is 11.8 Å². The van der Waals surface area contributed by atoms with Gasteiger partial charge in [0.05, 0.1) is 0 Å². The fraction of sp³-hybridized carbons (Fsp3) is 0.188. The minimum absolute atomic E-state index is 0.173. The van der Waals surface area contributed by atoms with Gasteiger partial charge >= 0.3 is 6.03 Å². The highest BCUT2D eigenvalue weighted by Crippen LogP contribution is 2.09. The van der Waals surface area contributed by atoms with Crippen LogP contribution in [-0.2, 0) is 13.0 Å². The highest BCUT2D eigenvalue weighted by molar-refractivity contribution is 5.73. The molecule has 0 fully saturated rings. The average molecular weight is 270 g/mol. The number of carbonyl (C=O) groups is 1. The van der Waals surface area contributed by atoms with Gasteiger partial charge in [-0.3, -0.25) is 0 Å². The number of amides is 2. The first kappa shape index (κ1) is 13.9. The number of phenolic OH excluding ortho intramolecular Hbond substituents is 1. The van der Waals surface area contributed by atoms with Crippen molar-refractivity contribution in [3.8, 4) is 5.75 Å². The molecule has 0 saturated heterocycles. The van der Waals surface area contributed by atoms with Gasteiger partial charge in [0.25, 0.3) is 0 Å². The Balaban J connectivity index is 1.66. The second-order valence-electron chi connectivity index (χ2n) is 4.51. The minimum Gasteiger partial charge on any atom is -0.508 e. The molecule has 4 heteroatoms. The van der Waals surface area contributed by atoms with Gasteiger partial charge in [0.2, 0.25) is 0 Å². The van der Waals surface area contributed by atoms with Crippen LogP contribution in [0.2, 0.25) is 0 Å². The summed E-state index contributed by atoms with van der Waals surface area (Å²) in [4.78, 5) is 11.6. The maximum absolute atomic E-state index is 11.6. The summed E-state index contributed by atoms with van der Waals surface area (Å²) in [5.74, 6) is 0.252. The van der Waals surface area contributed by atoms with Crippen molar-refractivity contribution in [1.29, 1.82) is 0 Å². The number of carbonyl (C=O) groups excluding carboxylic acids is 1. The zero-order chi connectivity index (χ0) is 14.2. The molecule has 20 heavy (non-hydrogen) atoms. The second-order valence-corrected chi connectivity index (χ2v) is 4.51. The summed E-state index contributed by atoms with van der Waals surface area (Å²) < 4.78 is 0. The summed E-state index contributed by atoms with van der Waals surface area (Å²) >= 11 is 0. The van der Waals surface area contributed by atoms with Crippen molar-refractivity contribution in [2.45, 2.75) is 13.0 Å². The summed E-state index contributed by atoms with van der Waals surface area (Å²) in [6.07, 6.45) is 0.735. The molecular weight excluding hydrogens is 252 g/mol. The molecule has 0 atom stereocenters. The summed E-state index contributed by atoms with van der Waals surface area (Å²) in [5, 5.41) is 14.8. The van der Waals surface area contributed by atoms with Crippen molar-refractivity contribution >= 4 is 6.03 Å². The molecule has 3 N–H and O–H groups in total. The molecule has 0 saturated carbocycles. The minimum atomic E-state index is -0.173. The number of hydrogen-bond donors (Lipinski definition) is 3. The lowest BCUT2D eigenvalue weighted by molar-refractivity contribution is 0.240. The van der Waals surface area contributed by atoms with E-state index in [9.17, 15) is 4.79 Å². The van der Waals surface area contributed by atoms with E-state index in [1.165, 1.54) is 0 Å². The van der Waals surface area contributed by atoms with Crippen LogP contribution >= 0.6 is 0 Å². The van der Waals surface area contributed by atoms with Crippen molar-refractivity contribution in [2.24, 2.45) is 0 Å². The molecule has 0 aliphatic carbocycles. The van der Waals surface area contributed by atoms with Gasteiger partial charge in [0.1, 0.15) is 5.75 Å². The maximum Gasteiger partial charge on any atom is 0.315 e. The monoisotopic (exact) mass is 270 g/mol. The molecule has 4 nitrogen and oxygen atoms in total. The van der Waals surface area contributed by atoms with E-state index in [0.717, 1.165) is 17.5 Å². The first-order chi connectivity index (χ1) is 9.74. The Morgan fingerprint density at radius 1 is 0.900 bits per heavy atom. The zero-order valence-electron chi connectivity index (χ0n) is 11.2. The quantitative estimate of drug-likeness (QED) is 0.781. The predicted molar refractivity (Wildman–Crippen MR) is 78.5 cm³/mol. The van der Waals surface area contributed by atoms with Crippen LogP contribution in [0.1, 0.15) is 11.1 Å². The van der Waals surface area contributed by atoms with Gasteiger partial charge < -0.3 is 15.7 Å². The van der Waals surface area contributed by atoms with E-state index in [4.69, 9.17) is 5.11 Å². The summed E-state index contributed by atoms with van der Waals surface area (Å²) in [7, 11) is 0. The van der Waals surface area contributed by atoms with Gasteiger partial charge in [-0.2, -0.15) is 0 Å². The third-order valence-corrected chi connectivity index (χ3v) is 2.93. The largest absolute Gasteiger partial charge is 0.508 e. The van der Waals surface area contributed by atoms with Crippen LogP contribution in [0.25, 0.3) is 0 Å². The normalized spacial score (nSPS) is 10.0. The Labute approximate surface area is 118 Å². The zero-order valence-corrected chi connectivity index (χ0v) is 11.2. The van der Waals surface area contributed by atoms with Crippen molar-refractivity contribution in [3.05, 3.63) is 65.7 Å². The van der Waals surface area contributed by atoms with Crippen molar-refractivity contribution in [1.82, 2.24) is 10.6 Å². The summed E-state index contributed by atoms with van der Waals surface area (Å²) in [6.45, 7) is 1.08. The van der Waals surface area contributed by atoms with E-state index in [0.29, 0.717) is 13.1 Å². The Morgan fingerprint density at radius 2 is 1.60 bits per heavy atom. The first-order valence-electron chi connectivity index (χ1n) is 6.57. The first-order valence-corrected chi connectivity index (χ1v) is 6.57. The molecule has 0 heterocycles. The van der Waals surface area contributed by atoms with Crippen LogP contribution in [0.4, 0.5) is 4.79 Å².